The van der Waals surface area contributed by atoms with Crippen molar-refractivity contribution in [3.63, 3.8) is 0 Å². The summed E-state index contributed by atoms with van der Waals surface area (Å²) in [7, 11) is 0. The van der Waals surface area contributed by atoms with E-state index in [0.29, 0.717) is 6.61 Å². The Balaban J connectivity index is 1.81. The zero-order valence-corrected chi connectivity index (χ0v) is 10.2. The molecule has 0 saturated heterocycles. The lowest BCUT2D eigenvalue weighted by Gasteiger charge is -2.14. The standard InChI is InChI=1S/C15H18O2/c1-2-17-14(16)15(9-10-15)13-7-5-12(6-8-13)11-3-4-11/h5-8,11H,2-4,9-10H2,1H3. The second-order valence-corrected chi connectivity index (χ2v) is 5.20. The summed E-state index contributed by atoms with van der Waals surface area (Å²) in [5, 5.41) is 0. The third-order valence-electron chi connectivity index (χ3n) is 3.93. The molecule has 0 unspecified atom stereocenters. The highest BCUT2D eigenvalue weighted by Gasteiger charge is 2.52. The van der Waals surface area contributed by atoms with E-state index in [-0.39, 0.29) is 11.4 Å². The molecule has 2 aliphatic carbocycles. The van der Waals surface area contributed by atoms with E-state index in [0.717, 1.165) is 24.3 Å². The maximum Gasteiger partial charge on any atom is 0.316 e. The fourth-order valence-electron chi connectivity index (χ4n) is 2.50. The van der Waals surface area contributed by atoms with Crippen LogP contribution in [-0.2, 0) is 14.9 Å². The number of hydrogen-bond acceptors (Lipinski definition) is 2. The molecular formula is C15H18O2. The predicted molar refractivity (Wildman–Crippen MR) is 66.0 cm³/mol. The van der Waals surface area contributed by atoms with Crippen LogP contribution in [0.1, 0.15) is 49.7 Å². The molecule has 0 radical (unpaired) electrons. The van der Waals surface area contributed by atoms with Crippen LogP contribution in [0.2, 0.25) is 0 Å². The number of benzene rings is 1. The van der Waals surface area contributed by atoms with Gasteiger partial charge in [0, 0.05) is 0 Å². The van der Waals surface area contributed by atoms with Crippen LogP contribution in [0.25, 0.3) is 0 Å². The third-order valence-corrected chi connectivity index (χ3v) is 3.93. The Morgan fingerprint density at radius 3 is 2.41 bits per heavy atom. The van der Waals surface area contributed by atoms with Gasteiger partial charge in [-0.25, -0.2) is 0 Å². The molecule has 0 amide bonds. The van der Waals surface area contributed by atoms with Crippen LogP contribution in [0.4, 0.5) is 0 Å². The highest BCUT2D eigenvalue weighted by Crippen LogP contribution is 2.50. The molecule has 3 rings (SSSR count). The summed E-state index contributed by atoms with van der Waals surface area (Å²) in [6.07, 6.45) is 4.52. The first-order valence-electron chi connectivity index (χ1n) is 6.54. The number of carbonyl (C=O) groups excluding carboxylic acids is 1. The summed E-state index contributed by atoms with van der Waals surface area (Å²) in [6, 6.07) is 8.62. The minimum atomic E-state index is -0.307. The Hall–Kier alpha value is -1.31. The molecule has 17 heavy (non-hydrogen) atoms. The zero-order chi connectivity index (χ0) is 11.9. The average molecular weight is 230 g/mol. The molecule has 0 spiro atoms. The van der Waals surface area contributed by atoms with Crippen LogP contribution < -0.4 is 0 Å². The Morgan fingerprint density at radius 2 is 1.94 bits per heavy atom. The van der Waals surface area contributed by atoms with Crippen LogP contribution in [0.5, 0.6) is 0 Å². The van der Waals surface area contributed by atoms with Crippen LogP contribution >= 0.6 is 0 Å². The Morgan fingerprint density at radius 1 is 1.29 bits per heavy atom. The van der Waals surface area contributed by atoms with Gasteiger partial charge in [0.1, 0.15) is 0 Å². The first kappa shape index (κ1) is 10.8. The van der Waals surface area contributed by atoms with Gasteiger partial charge in [-0.2, -0.15) is 0 Å². The third kappa shape index (κ3) is 1.86. The summed E-state index contributed by atoms with van der Waals surface area (Å²) < 4.78 is 5.17. The van der Waals surface area contributed by atoms with Crippen LogP contribution in [0.3, 0.4) is 0 Å². The smallest absolute Gasteiger partial charge is 0.316 e. The fourth-order valence-corrected chi connectivity index (χ4v) is 2.50. The van der Waals surface area contributed by atoms with Crippen LogP contribution in [0.15, 0.2) is 24.3 Å². The van der Waals surface area contributed by atoms with Gasteiger partial charge in [0.15, 0.2) is 0 Å². The molecule has 0 N–H and O–H groups in total. The molecule has 2 heteroatoms. The van der Waals surface area contributed by atoms with Crippen molar-refractivity contribution in [3.05, 3.63) is 35.4 Å². The number of hydrogen-bond donors (Lipinski definition) is 0. The quantitative estimate of drug-likeness (QED) is 0.743. The summed E-state index contributed by atoms with van der Waals surface area (Å²) in [4.78, 5) is 11.9. The van der Waals surface area contributed by atoms with E-state index in [1.807, 2.05) is 6.92 Å². The zero-order valence-electron chi connectivity index (χ0n) is 10.2. The van der Waals surface area contributed by atoms with Gasteiger partial charge in [-0.3, -0.25) is 4.79 Å². The minimum Gasteiger partial charge on any atom is -0.465 e. The monoisotopic (exact) mass is 230 g/mol. The molecule has 1 aromatic carbocycles. The molecule has 2 aliphatic rings. The fraction of sp³-hybridized carbons (Fsp3) is 0.533. The van der Waals surface area contributed by atoms with E-state index in [2.05, 4.69) is 24.3 Å². The maximum atomic E-state index is 11.9. The van der Waals surface area contributed by atoms with Crippen LogP contribution in [0, 0.1) is 0 Å². The van der Waals surface area contributed by atoms with Gasteiger partial charge < -0.3 is 4.74 Å². The van der Waals surface area contributed by atoms with Crippen molar-refractivity contribution in [2.75, 3.05) is 6.61 Å². The number of carbonyl (C=O) groups is 1. The second kappa shape index (κ2) is 3.86. The Bertz CT molecular complexity index is 425. The van der Waals surface area contributed by atoms with Gasteiger partial charge in [0.25, 0.3) is 0 Å². The van der Waals surface area contributed by atoms with Gasteiger partial charge >= 0.3 is 5.97 Å². The maximum absolute atomic E-state index is 11.9. The average Bonchev–Trinajstić information content (AvgIpc) is 3.22. The Kier molecular flexibility index (Phi) is 2.46. The van der Waals surface area contributed by atoms with Gasteiger partial charge in [-0.1, -0.05) is 24.3 Å². The van der Waals surface area contributed by atoms with E-state index in [1.165, 1.54) is 18.4 Å². The highest BCUT2D eigenvalue weighted by molar-refractivity contribution is 5.86. The van der Waals surface area contributed by atoms with E-state index in [1.54, 1.807) is 0 Å². The Labute approximate surface area is 102 Å². The SMILES string of the molecule is CCOC(=O)C1(c2ccc(C3CC3)cc2)CC1. The molecule has 2 saturated carbocycles. The largest absolute Gasteiger partial charge is 0.465 e. The molecular weight excluding hydrogens is 212 g/mol. The van der Waals surface area contributed by atoms with Crippen molar-refractivity contribution >= 4 is 5.97 Å². The molecule has 2 nitrogen and oxygen atoms in total. The summed E-state index contributed by atoms with van der Waals surface area (Å²) in [5.74, 6) is 0.737. The van der Waals surface area contributed by atoms with Crippen molar-refractivity contribution in [3.8, 4) is 0 Å². The summed E-state index contributed by atoms with van der Waals surface area (Å²) >= 11 is 0. The molecule has 2 fully saturated rings. The van der Waals surface area contributed by atoms with Gasteiger partial charge in [0.05, 0.1) is 12.0 Å². The molecule has 0 bridgehead atoms. The molecule has 0 aromatic heterocycles. The van der Waals surface area contributed by atoms with Crippen LogP contribution in [-0.4, -0.2) is 12.6 Å². The molecule has 90 valence electrons. The molecule has 0 atom stereocenters. The number of ether oxygens (including phenoxy) is 1. The minimum absolute atomic E-state index is 0.0424. The summed E-state index contributed by atoms with van der Waals surface area (Å²) in [6.45, 7) is 2.34. The number of esters is 1. The van der Waals surface area contributed by atoms with E-state index >= 15 is 0 Å². The van der Waals surface area contributed by atoms with Crippen molar-refractivity contribution in [2.24, 2.45) is 0 Å². The van der Waals surface area contributed by atoms with E-state index < -0.39 is 0 Å². The van der Waals surface area contributed by atoms with E-state index in [4.69, 9.17) is 4.74 Å². The lowest BCUT2D eigenvalue weighted by molar-refractivity contribution is -0.146. The van der Waals surface area contributed by atoms with Crippen molar-refractivity contribution in [1.29, 1.82) is 0 Å². The van der Waals surface area contributed by atoms with Gasteiger partial charge in [-0.05, 0) is 49.7 Å². The van der Waals surface area contributed by atoms with Crippen molar-refractivity contribution in [1.82, 2.24) is 0 Å². The topological polar surface area (TPSA) is 26.3 Å². The van der Waals surface area contributed by atoms with Gasteiger partial charge in [0.2, 0.25) is 0 Å². The number of rotatable bonds is 4. The molecule has 0 aliphatic heterocycles. The first-order valence-corrected chi connectivity index (χ1v) is 6.54. The van der Waals surface area contributed by atoms with Crippen molar-refractivity contribution in [2.45, 2.75) is 43.9 Å². The second-order valence-electron chi connectivity index (χ2n) is 5.20. The highest BCUT2D eigenvalue weighted by atomic mass is 16.5. The van der Waals surface area contributed by atoms with Crippen molar-refractivity contribution < 1.29 is 9.53 Å². The predicted octanol–water partition coefficient (Wildman–Crippen LogP) is 3.16. The first-order chi connectivity index (χ1) is 8.26. The molecule has 0 heterocycles. The van der Waals surface area contributed by atoms with Gasteiger partial charge in [-0.15, -0.1) is 0 Å². The normalized spacial score (nSPS) is 21.0. The molecule has 1 aromatic rings. The lowest BCUT2D eigenvalue weighted by atomic mass is 9.94. The lowest BCUT2D eigenvalue weighted by Crippen LogP contribution is -2.23. The van der Waals surface area contributed by atoms with E-state index in [9.17, 15) is 4.79 Å². The summed E-state index contributed by atoms with van der Waals surface area (Å²) in [5.41, 5.74) is 2.26.